The van der Waals surface area contributed by atoms with Gasteiger partial charge >= 0.3 is 11.9 Å². The number of esters is 2. The van der Waals surface area contributed by atoms with E-state index in [9.17, 15) is 19.8 Å². The summed E-state index contributed by atoms with van der Waals surface area (Å²) in [5.74, 6) is -3.48. The molecule has 0 aromatic heterocycles. The van der Waals surface area contributed by atoms with Gasteiger partial charge < -0.3 is 24.8 Å². The number of rotatable bonds is 5. The lowest BCUT2D eigenvalue weighted by Gasteiger charge is -2.16. The van der Waals surface area contributed by atoms with E-state index in [0.29, 0.717) is 0 Å². The lowest BCUT2D eigenvalue weighted by Crippen LogP contribution is -2.33. The Labute approximate surface area is 96.6 Å². The van der Waals surface area contributed by atoms with Crippen LogP contribution in [0.3, 0.4) is 0 Å². The molecule has 1 aliphatic rings. The van der Waals surface area contributed by atoms with Crippen molar-refractivity contribution in [3.63, 3.8) is 0 Å². The van der Waals surface area contributed by atoms with Crippen LogP contribution in [0, 0.1) is 0 Å². The minimum Gasteiger partial charge on any atom is -0.505 e. The molecule has 17 heavy (non-hydrogen) atoms. The first-order chi connectivity index (χ1) is 7.97. The normalized spacial score (nSPS) is 21.0. The molecule has 0 aromatic rings. The second-order valence-corrected chi connectivity index (χ2v) is 3.30. The Balaban J connectivity index is 2.50. The average Bonchev–Trinajstić information content (AvgIpc) is 2.54. The van der Waals surface area contributed by atoms with E-state index in [1.165, 1.54) is 6.08 Å². The zero-order valence-corrected chi connectivity index (χ0v) is 8.83. The molecule has 1 rings (SSSR count). The van der Waals surface area contributed by atoms with Crippen molar-refractivity contribution >= 4 is 11.9 Å². The van der Waals surface area contributed by atoms with E-state index >= 15 is 0 Å². The van der Waals surface area contributed by atoms with Crippen LogP contribution in [0.2, 0.25) is 0 Å². The van der Waals surface area contributed by atoms with E-state index in [-0.39, 0.29) is 6.42 Å². The van der Waals surface area contributed by atoms with Crippen molar-refractivity contribution < 1.29 is 34.4 Å². The van der Waals surface area contributed by atoms with Crippen LogP contribution < -0.4 is 0 Å². The summed E-state index contributed by atoms with van der Waals surface area (Å²) in [7, 11) is 0. The van der Waals surface area contributed by atoms with Gasteiger partial charge in [-0.05, 0) is 0 Å². The van der Waals surface area contributed by atoms with Crippen molar-refractivity contribution in [2.24, 2.45) is 0 Å². The van der Waals surface area contributed by atoms with Crippen LogP contribution in [0.15, 0.2) is 24.2 Å². The summed E-state index contributed by atoms with van der Waals surface area (Å²) >= 11 is 0. The largest absolute Gasteiger partial charge is 0.505 e. The molecule has 0 radical (unpaired) electrons. The Morgan fingerprint density at radius 3 is 2.71 bits per heavy atom. The minimum atomic E-state index is -1.45. The van der Waals surface area contributed by atoms with E-state index in [0.717, 1.165) is 0 Å². The Morgan fingerprint density at radius 2 is 2.24 bits per heavy atom. The Kier molecular flexibility index (Phi) is 4.11. The van der Waals surface area contributed by atoms with E-state index in [1.54, 1.807) is 0 Å². The van der Waals surface area contributed by atoms with Gasteiger partial charge in [0.15, 0.2) is 11.9 Å². The molecule has 7 heteroatoms. The number of hydrogen-bond acceptors (Lipinski definition) is 7. The topological polar surface area (TPSA) is 113 Å². The van der Waals surface area contributed by atoms with Crippen LogP contribution in [0.1, 0.15) is 6.42 Å². The summed E-state index contributed by atoms with van der Waals surface area (Å²) in [5, 5.41) is 27.7. The zero-order chi connectivity index (χ0) is 13.0. The van der Waals surface area contributed by atoms with E-state index < -0.39 is 42.3 Å². The van der Waals surface area contributed by atoms with Gasteiger partial charge in [0, 0.05) is 0 Å². The van der Waals surface area contributed by atoms with Crippen molar-refractivity contribution in [2.45, 2.75) is 18.6 Å². The third kappa shape index (κ3) is 2.97. The van der Waals surface area contributed by atoms with Gasteiger partial charge in [-0.3, -0.25) is 4.79 Å². The maximum Gasteiger partial charge on any atom is 0.377 e. The van der Waals surface area contributed by atoms with Gasteiger partial charge in [-0.15, -0.1) is 6.58 Å². The van der Waals surface area contributed by atoms with Crippen LogP contribution in [-0.2, 0) is 19.1 Å². The molecule has 0 fully saturated rings. The van der Waals surface area contributed by atoms with Gasteiger partial charge in [-0.2, -0.15) is 0 Å². The summed E-state index contributed by atoms with van der Waals surface area (Å²) in [6.45, 7) is 2.85. The summed E-state index contributed by atoms with van der Waals surface area (Å²) in [6, 6.07) is 0. The first-order valence-corrected chi connectivity index (χ1v) is 4.75. The number of carbonyl (C=O) groups is 2. The van der Waals surface area contributed by atoms with Crippen LogP contribution in [0.4, 0.5) is 0 Å². The maximum absolute atomic E-state index is 10.9. The minimum absolute atomic E-state index is 0.0236. The van der Waals surface area contributed by atoms with Crippen molar-refractivity contribution in [3.05, 3.63) is 24.2 Å². The van der Waals surface area contributed by atoms with Crippen LogP contribution in [-0.4, -0.2) is 46.1 Å². The lowest BCUT2D eigenvalue weighted by atomic mass is 10.2. The summed E-state index contributed by atoms with van der Waals surface area (Å²) in [6.07, 6.45) is -1.56. The molecular weight excluding hydrogens is 232 g/mol. The highest BCUT2D eigenvalue weighted by atomic mass is 16.6. The molecule has 3 N–H and O–H groups in total. The monoisotopic (exact) mass is 244 g/mol. The molecule has 2 atom stereocenters. The molecule has 0 spiro atoms. The number of ether oxygens (including phenoxy) is 2. The molecule has 0 aromatic carbocycles. The molecule has 0 saturated heterocycles. The Morgan fingerprint density at radius 1 is 1.59 bits per heavy atom. The smallest absolute Gasteiger partial charge is 0.377 e. The van der Waals surface area contributed by atoms with Gasteiger partial charge in [0.2, 0.25) is 5.76 Å². The highest BCUT2D eigenvalue weighted by molar-refractivity contribution is 5.89. The second-order valence-electron chi connectivity index (χ2n) is 3.30. The molecule has 0 saturated carbocycles. The first-order valence-electron chi connectivity index (χ1n) is 4.75. The predicted octanol–water partition coefficient (Wildman–Crippen LogP) is -0.280. The molecule has 94 valence electrons. The van der Waals surface area contributed by atoms with E-state index in [2.05, 4.69) is 16.1 Å². The van der Waals surface area contributed by atoms with Gasteiger partial charge in [0.25, 0.3) is 0 Å². The number of carbonyl (C=O) groups excluding carboxylic acids is 2. The van der Waals surface area contributed by atoms with Crippen molar-refractivity contribution in [2.75, 3.05) is 6.61 Å². The molecule has 7 nitrogen and oxygen atoms in total. The quantitative estimate of drug-likeness (QED) is 0.450. The molecule has 0 bridgehead atoms. The molecule has 0 unspecified atom stereocenters. The molecule has 0 amide bonds. The van der Waals surface area contributed by atoms with Crippen LogP contribution in [0.5, 0.6) is 0 Å². The fraction of sp³-hybridized carbons (Fsp3) is 0.400. The third-order valence-electron chi connectivity index (χ3n) is 2.02. The van der Waals surface area contributed by atoms with Crippen molar-refractivity contribution in [1.82, 2.24) is 0 Å². The first kappa shape index (κ1) is 13.0. The number of aliphatic hydroxyl groups excluding tert-OH is 3. The summed E-state index contributed by atoms with van der Waals surface area (Å²) in [5.41, 5.74) is 0. The van der Waals surface area contributed by atoms with E-state index in [1.807, 2.05) is 0 Å². The fourth-order valence-corrected chi connectivity index (χ4v) is 1.17. The Bertz CT molecular complexity index is 371. The SMILES string of the molecule is C=CCC(=O)OC[C@H](O)[C@H]1OC(=O)C(O)=C1O. The number of cyclic esters (lactones) is 1. The standard InChI is InChI=1S/C10H12O7/c1-2-3-6(12)16-4-5(11)9-7(13)8(14)10(15)17-9/h2,5,9,11,13-14H,1,3-4H2/t5-,9+/m0/s1. The third-order valence-corrected chi connectivity index (χ3v) is 2.02. The van der Waals surface area contributed by atoms with Gasteiger partial charge in [-0.1, -0.05) is 6.08 Å². The van der Waals surface area contributed by atoms with Crippen LogP contribution >= 0.6 is 0 Å². The van der Waals surface area contributed by atoms with Gasteiger partial charge in [-0.25, -0.2) is 4.79 Å². The van der Waals surface area contributed by atoms with Crippen LogP contribution in [0.25, 0.3) is 0 Å². The molecular formula is C10H12O7. The summed E-state index contributed by atoms with van der Waals surface area (Å²) in [4.78, 5) is 21.8. The highest BCUT2D eigenvalue weighted by Gasteiger charge is 2.39. The van der Waals surface area contributed by atoms with Crippen molar-refractivity contribution in [3.8, 4) is 0 Å². The molecule has 1 heterocycles. The highest BCUT2D eigenvalue weighted by Crippen LogP contribution is 2.21. The number of hydrogen-bond donors (Lipinski definition) is 3. The molecule has 0 aliphatic carbocycles. The van der Waals surface area contributed by atoms with Crippen molar-refractivity contribution in [1.29, 1.82) is 0 Å². The average molecular weight is 244 g/mol. The number of aliphatic hydroxyl groups is 3. The second kappa shape index (κ2) is 5.35. The fourth-order valence-electron chi connectivity index (χ4n) is 1.17. The maximum atomic E-state index is 10.9. The zero-order valence-electron chi connectivity index (χ0n) is 8.83. The Hall–Kier alpha value is -2.02. The molecule has 1 aliphatic heterocycles. The predicted molar refractivity (Wildman–Crippen MR) is 53.9 cm³/mol. The lowest BCUT2D eigenvalue weighted by molar-refractivity contribution is -0.153. The van der Waals surface area contributed by atoms with Gasteiger partial charge in [0.05, 0.1) is 6.42 Å². The van der Waals surface area contributed by atoms with Gasteiger partial charge in [0.1, 0.15) is 12.7 Å². The van der Waals surface area contributed by atoms with E-state index in [4.69, 9.17) is 5.11 Å². The summed E-state index contributed by atoms with van der Waals surface area (Å²) < 4.78 is 9.07.